The fraction of sp³-hybridized carbons (Fsp3) is 0.304. The quantitative estimate of drug-likeness (QED) is 0.530. The minimum atomic E-state index is -1.07. The van der Waals surface area contributed by atoms with E-state index in [4.69, 9.17) is 0 Å². The van der Waals surface area contributed by atoms with Gasteiger partial charge in [-0.2, -0.15) is 30.3 Å². The zero-order valence-corrected chi connectivity index (χ0v) is 20.6. The largest absolute Gasteiger partial charge is 1.00 e. The molecule has 1 aliphatic rings. The summed E-state index contributed by atoms with van der Waals surface area (Å²) < 4.78 is 44.6. The Labute approximate surface area is 207 Å². The van der Waals surface area contributed by atoms with Gasteiger partial charge in [-0.15, -0.1) is 5.56 Å². The second kappa shape index (κ2) is 8.90. The Morgan fingerprint density at radius 2 is 1.52 bits per heavy atom. The minimum Gasteiger partial charge on any atom is -0.206 e. The van der Waals surface area contributed by atoms with Gasteiger partial charge in [0.25, 0.3) is 0 Å². The Morgan fingerprint density at radius 3 is 2.19 bits per heavy atom. The van der Waals surface area contributed by atoms with Crippen molar-refractivity contribution in [2.75, 3.05) is 0 Å². The number of hydrogen-bond acceptors (Lipinski definition) is 0. The molecule has 0 aromatic heterocycles. The minimum absolute atomic E-state index is 0. The van der Waals surface area contributed by atoms with Gasteiger partial charge < -0.3 is 0 Å². The van der Waals surface area contributed by atoms with E-state index < -0.39 is 17.5 Å². The Bertz CT molecular complexity index is 945. The van der Waals surface area contributed by atoms with Crippen molar-refractivity contribution in [2.45, 2.75) is 38.5 Å². The van der Waals surface area contributed by atoms with E-state index in [2.05, 4.69) is 13.0 Å². The molecule has 134 valence electrons. The molecule has 1 saturated carbocycles. The van der Waals surface area contributed by atoms with E-state index in [9.17, 15) is 8.78 Å². The van der Waals surface area contributed by atoms with Crippen molar-refractivity contribution in [1.29, 1.82) is 0 Å². The summed E-state index contributed by atoms with van der Waals surface area (Å²) in [6, 6.07) is 14.6. The molecule has 0 saturated heterocycles. The Kier molecular flexibility index (Phi) is 7.00. The molecule has 27 heavy (non-hydrogen) atoms. The maximum atomic E-state index is 15.0. The van der Waals surface area contributed by atoms with E-state index >= 15 is 4.39 Å². The summed E-state index contributed by atoms with van der Waals surface area (Å²) in [5, 5.41) is 0.155. The Hall–Kier alpha value is -0.485. The van der Waals surface area contributed by atoms with Crippen LogP contribution in [0.5, 0.6) is 0 Å². The molecular weight excluding hydrogens is 419 g/mol. The Balaban J connectivity index is 0.00000210. The molecule has 0 aliphatic heterocycles. The maximum Gasteiger partial charge on any atom is 1.00 e. The number of halogens is 3. The summed E-state index contributed by atoms with van der Waals surface area (Å²) in [5.41, 5.74) is 1.28. The van der Waals surface area contributed by atoms with Crippen molar-refractivity contribution in [2.24, 2.45) is 5.92 Å². The van der Waals surface area contributed by atoms with E-state index in [0.29, 0.717) is 22.4 Å². The maximum absolute atomic E-state index is 15.0. The van der Waals surface area contributed by atoms with Crippen LogP contribution in [0.3, 0.4) is 0 Å². The smallest absolute Gasteiger partial charge is 0.206 e. The summed E-state index contributed by atoms with van der Waals surface area (Å²) in [7, 11) is 0. The molecule has 3 aromatic rings. The molecule has 1 aliphatic carbocycles. The molecule has 0 amide bonds. The van der Waals surface area contributed by atoms with Gasteiger partial charge in [-0.3, -0.25) is 0 Å². The zero-order valence-electron chi connectivity index (χ0n) is 15.7. The fourth-order valence-corrected chi connectivity index (χ4v) is 4.06. The predicted molar refractivity (Wildman–Crippen MR) is 98.5 cm³/mol. The van der Waals surface area contributed by atoms with Crippen LogP contribution >= 0.6 is 0 Å². The molecule has 0 N–H and O–H groups in total. The SMILES string of the molecule is CC1CCC(c2cc3ccc(-c4cc[c-]cc4)c(F)c3c(F)c2F)CC1.[Rb+]. The van der Waals surface area contributed by atoms with Gasteiger partial charge in [0.2, 0.25) is 0 Å². The van der Waals surface area contributed by atoms with Crippen molar-refractivity contribution >= 4 is 10.8 Å². The van der Waals surface area contributed by atoms with Gasteiger partial charge in [0.05, 0.1) is 5.39 Å². The molecule has 1 fully saturated rings. The molecule has 3 aromatic carbocycles. The van der Waals surface area contributed by atoms with Crippen molar-refractivity contribution < 1.29 is 71.4 Å². The van der Waals surface area contributed by atoms with Gasteiger partial charge >= 0.3 is 58.2 Å². The van der Waals surface area contributed by atoms with Crippen molar-refractivity contribution in [3.63, 3.8) is 0 Å². The number of rotatable bonds is 2. The van der Waals surface area contributed by atoms with Crippen molar-refractivity contribution in [1.82, 2.24) is 0 Å². The molecule has 0 heterocycles. The molecule has 0 bridgehead atoms. The second-order valence-corrected chi connectivity index (χ2v) is 7.36. The topological polar surface area (TPSA) is 0 Å². The summed E-state index contributed by atoms with van der Waals surface area (Å²) in [5.74, 6) is -2.04. The summed E-state index contributed by atoms with van der Waals surface area (Å²) in [6.45, 7) is 2.19. The van der Waals surface area contributed by atoms with Crippen LogP contribution in [0.25, 0.3) is 21.9 Å². The number of benzene rings is 3. The van der Waals surface area contributed by atoms with Gasteiger partial charge in [0.1, 0.15) is 5.82 Å². The predicted octanol–water partition coefficient (Wildman–Crippen LogP) is 4.02. The third-order valence-corrected chi connectivity index (χ3v) is 5.64. The first-order valence-electron chi connectivity index (χ1n) is 9.13. The molecule has 0 nitrogen and oxygen atoms in total. The third kappa shape index (κ3) is 4.12. The van der Waals surface area contributed by atoms with Crippen LogP contribution in [0.2, 0.25) is 0 Å². The molecule has 4 rings (SSSR count). The summed E-state index contributed by atoms with van der Waals surface area (Å²) in [4.78, 5) is 0. The third-order valence-electron chi connectivity index (χ3n) is 5.64. The monoisotopic (exact) mass is 438 g/mol. The van der Waals surface area contributed by atoms with Crippen molar-refractivity contribution in [3.8, 4) is 11.1 Å². The standard InChI is InChI=1S/C23H20F3.Rb/c1-14-7-9-16(10-8-14)19-13-17-11-12-18(15-5-3-2-4-6-15)21(24)20(17)23(26)22(19)25;/h3-6,11-14,16H,7-10H2,1H3;/q-1;+1. The van der Waals surface area contributed by atoms with E-state index in [1.807, 2.05) is 0 Å². The zero-order chi connectivity index (χ0) is 18.3. The van der Waals surface area contributed by atoms with E-state index in [0.717, 1.165) is 25.7 Å². The van der Waals surface area contributed by atoms with Gasteiger partial charge in [0.15, 0.2) is 11.6 Å². The molecule has 4 heteroatoms. The fourth-order valence-electron chi connectivity index (χ4n) is 4.06. The van der Waals surface area contributed by atoms with E-state index in [-0.39, 0.29) is 75.1 Å². The van der Waals surface area contributed by atoms with Crippen LogP contribution in [-0.4, -0.2) is 0 Å². The van der Waals surface area contributed by atoms with Crippen LogP contribution < -0.4 is 58.2 Å². The summed E-state index contributed by atoms with van der Waals surface area (Å²) >= 11 is 0. The van der Waals surface area contributed by atoms with Gasteiger partial charge in [-0.25, -0.2) is 13.2 Å². The molecule has 0 atom stereocenters. The average Bonchev–Trinajstić information content (AvgIpc) is 2.66. The van der Waals surface area contributed by atoms with Crippen LogP contribution in [-0.2, 0) is 0 Å². The average molecular weight is 439 g/mol. The molecule has 0 unspecified atom stereocenters. The second-order valence-electron chi connectivity index (χ2n) is 7.36. The van der Waals surface area contributed by atoms with Crippen LogP contribution in [0.1, 0.15) is 44.1 Å². The molecular formula is C23H20F3Rb. The van der Waals surface area contributed by atoms with Crippen molar-refractivity contribution in [3.05, 3.63) is 71.5 Å². The van der Waals surface area contributed by atoms with Crippen LogP contribution in [0.4, 0.5) is 13.2 Å². The van der Waals surface area contributed by atoms with Crippen LogP contribution in [0.15, 0.2) is 42.5 Å². The number of fused-ring (bicyclic) bond motifs is 1. The van der Waals surface area contributed by atoms with Gasteiger partial charge in [-0.1, -0.05) is 31.9 Å². The number of hydrogen-bond donors (Lipinski definition) is 0. The van der Waals surface area contributed by atoms with E-state index in [1.165, 1.54) is 0 Å². The Morgan fingerprint density at radius 1 is 0.852 bits per heavy atom. The molecule has 0 spiro atoms. The van der Waals surface area contributed by atoms with Gasteiger partial charge in [-0.05, 0) is 47.3 Å². The molecule has 0 radical (unpaired) electrons. The summed E-state index contributed by atoms with van der Waals surface area (Å²) in [6.07, 6.45) is 3.73. The van der Waals surface area contributed by atoms with E-state index in [1.54, 1.807) is 42.5 Å². The first-order chi connectivity index (χ1) is 12.6. The normalized spacial score (nSPS) is 19.7. The first kappa shape index (κ1) is 21.2. The van der Waals surface area contributed by atoms with Gasteiger partial charge in [0, 0.05) is 0 Å². The van der Waals surface area contributed by atoms with Crippen LogP contribution in [0, 0.1) is 29.4 Å². The first-order valence-corrected chi connectivity index (χ1v) is 9.13.